The van der Waals surface area contributed by atoms with Crippen molar-refractivity contribution in [3.05, 3.63) is 65.7 Å². The first kappa shape index (κ1) is 21.9. The van der Waals surface area contributed by atoms with Crippen LogP contribution in [-0.2, 0) is 11.3 Å². The molecule has 1 unspecified atom stereocenters. The molecule has 7 nitrogen and oxygen atoms in total. The Labute approximate surface area is 189 Å². The highest BCUT2D eigenvalue weighted by Gasteiger charge is 2.31. The number of guanidine groups is 1. The molecular weight excluding hydrogens is 402 g/mol. The van der Waals surface area contributed by atoms with Crippen molar-refractivity contribution in [2.24, 2.45) is 4.99 Å². The van der Waals surface area contributed by atoms with Gasteiger partial charge in [0.25, 0.3) is 5.91 Å². The van der Waals surface area contributed by atoms with Crippen molar-refractivity contribution in [1.82, 2.24) is 15.5 Å². The van der Waals surface area contributed by atoms with Crippen LogP contribution in [0, 0.1) is 0 Å². The first-order chi connectivity index (χ1) is 15.6. The van der Waals surface area contributed by atoms with Gasteiger partial charge in [0.15, 0.2) is 5.96 Å². The maximum atomic E-state index is 12.6. The van der Waals surface area contributed by atoms with Crippen LogP contribution in [-0.4, -0.2) is 55.4 Å². The quantitative estimate of drug-likeness (QED) is 0.562. The predicted molar refractivity (Wildman–Crippen MR) is 127 cm³/mol. The van der Waals surface area contributed by atoms with E-state index in [1.54, 1.807) is 7.05 Å². The molecular formula is C25H31N5O2. The van der Waals surface area contributed by atoms with E-state index in [2.05, 4.69) is 15.6 Å². The average molecular weight is 434 g/mol. The monoisotopic (exact) mass is 433 g/mol. The molecule has 2 N–H and O–H groups in total. The molecule has 0 aliphatic carbocycles. The number of carbonyl (C=O) groups is 2. The number of piperidine rings is 1. The second-order valence-corrected chi connectivity index (χ2v) is 8.36. The molecule has 1 atom stereocenters. The van der Waals surface area contributed by atoms with E-state index in [4.69, 9.17) is 0 Å². The van der Waals surface area contributed by atoms with E-state index in [1.807, 2.05) is 64.4 Å². The summed E-state index contributed by atoms with van der Waals surface area (Å²) in [4.78, 5) is 33.1. The fourth-order valence-electron chi connectivity index (χ4n) is 4.28. The molecule has 32 heavy (non-hydrogen) atoms. The number of benzene rings is 2. The van der Waals surface area contributed by atoms with Crippen molar-refractivity contribution in [2.75, 3.05) is 31.6 Å². The summed E-state index contributed by atoms with van der Waals surface area (Å²) in [5.74, 6) is 0.889. The largest absolute Gasteiger partial charge is 0.352 e. The lowest BCUT2D eigenvalue weighted by Gasteiger charge is -2.26. The molecule has 2 saturated heterocycles. The Hall–Kier alpha value is -3.35. The van der Waals surface area contributed by atoms with E-state index in [0.717, 1.165) is 42.7 Å². The van der Waals surface area contributed by atoms with Gasteiger partial charge in [0.2, 0.25) is 5.91 Å². The number of aliphatic imine (C=N–C) groups is 1. The summed E-state index contributed by atoms with van der Waals surface area (Å²) in [6.45, 7) is 2.91. The van der Waals surface area contributed by atoms with Gasteiger partial charge in [-0.1, -0.05) is 30.3 Å². The lowest BCUT2D eigenvalue weighted by atomic mass is 10.1. The Morgan fingerprint density at radius 2 is 1.75 bits per heavy atom. The van der Waals surface area contributed by atoms with Crippen LogP contribution in [0.3, 0.4) is 0 Å². The lowest BCUT2D eigenvalue weighted by molar-refractivity contribution is -0.117. The van der Waals surface area contributed by atoms with E-state index in [1.165, 1.54) is 6.42 Å². The van der Waals surface area contributed by atoms with Gasteiger partial charge in [-0.25, -0.2) is 0 Å². The van der Waals surface area contributed by atoms with Gasteiger partial charge in [0.05, 0.1) is 6.04 Å². The number of para-hydroxylation sites is 1. The third kappa shape index (κ3) is 5.28. The average Bonchev–Trinajstić information content (AvgIpc) is 3.22. The predicted octanol–water partition coefficient (Wildman–Crippen LogP) is 2.78. The summed E-state index contributed by atoms with van der Waals surface area (Å²) < 4.78 is 0. The Balaban J connectivity index is 1.28. The zero-order chi connectivity index (χ0) is 22.3. The van der Waals surface area contributed by atoms with Gasteiger partial charge >= 0.3 is 0 Å². The molecule has 0 saturated carbocycles. The van der Waals surface area contributed by atoms with Crippen LogP contribution in [0.5, 0.6) is 0 Å². The zero-order valence-electron chi connectivity index (χ0n) is 18.6. The lowest BCUT2D eigenvalue weighted by Crippen LogP contribution is -2.44. The SMILES string of the molecule is CN=C(NCc1ccc(C(=O)N2CCCCC2)cc1)NC1CC(=O)N(c2ccccc2)C1. The zero-order valence-corrected chi connectivity index (χ0v) is 18.6. The molecule has 2 aromatic carbocycles. The number of hydrogen-bond donors (Lipinski definition) is 2. The first-order valence-corrected chi connectivity index (χ1v) is 11.3. The van der Waals surface area contributed by atoms with Gasteiger partial charge in [-0.2, -0.15) is 0 Å². The molecule has 0 radical (unpaired) electrons. The van der Waals surface area contributed by atoms with Crippen molar-refractivity contribution in [3.8, 4) is 0 Å². The molecule has 7 heteroatoms. The Bertz CT molecular complexity index is 952. The van der Waals surface area contributed by atoms with Crippen molar-refractivity contribution in [3.63, 3.8) is 0 Å². The second kappa shape index (κ2) is 10.3. The molecule has 2 amide bonds. The Kier molecular flexibility index (Phi) is 7.04. The first-order valence-electron chi connectivity index (χ1n) is 11.3. The topological polar surface area (TPSA) is 77.0 Å². The molecule has 168 valence electrons. The van der Waals surface area contributed by atoms with Crippen LogP contribution in [0.25, 0.3) is 0 Å². The van der Waals surface area contributed by atoms with Crippen molar-refractivity contribution in [1.29, 1.82) is 0 Å². The summed E-state index contributed by atoms with van der Waals surface area (Å²) in [5.41, 5.74) is 2.73. The summed E-state index contributed by atoms with van der Waals surface area (Å²) in [5, 5.41) is 6.66. The van der Waals surface area contributed by atoms with Crippen LogP contribution in [0.2, 0.25) is 0 Å². The van der Waals surface area contributed by atoms with Crippen LogP contribution in [0.15, 0.2) is 59.6 Å². The smallest absolute Gasteiger partial charge is 0.253 e. The minimum absolute atomic E-state index is 0.00144. The minimum atomic E-state index is -0.00144. The molecule has 2 heterocycles. The summed E-state index contributed by atoms with van der Waals surface area (Å²) in [6.07, 6.45) is 3.83. The highest BCUT2D eigenvalue weighted by molar-refractivity contribution is 5.97. The van der Waals surface area contributed by atoms with Crippen molar-refractivity contribution < 1.29 is 9.59 Å². The number of amides is 2. The Morgan fingerprint density at radius 3 is 2.44 bits per heavy atom. The van der Waals surface area contributed by atoms with E-state index in [0.29, 0.717) is 25.5 Å². The molecule has 2 fully saturated rings. The number of likely N-dealkylation sites (tertiary alicyclic amines) is 1. The van der Waals surface area contributed by atoms with Gasteiger partial charge < -0.3 is 20.4 Å². The summed E-state index contributed by atoms with van der Waals surface area (Å²) >= 11 is 0. The maximum Gasteiger partial charge on any atom is 0.253 e. The molecule has 0 spiro atoms. The second-order valence-electron chi connectivity index (χ2n) is 8.36. The van der Waals surface area contributed by atoms with Crippen LogP contribution in [0.1, 0.15) is 41.6 Å². The minimum Gasteiger partial charge on any atom is -0.352 e. The standard InChI is InChI=1S/C25H31N5O2/c1-26-25(28-21-16-23(31)30(18-21)22-8-4-2-5-9-22)27-17-19-10-12-20(13-11-19)24(32)29-14-6-3-7-15-29/h2,4-5,8-13,21H,3,6-7,14-18H2,1H3,(H2,26,27,28). The molecule has 0 aromatic heterocycles. The van der Waals surface area contributed by atoms with Gasteiger partial charge in [-0.15, -0.1) is 0 Å². The van der Waals surface area contributed by atoms with Crippen LogP contribution < -0.4 is 15.5 Å². The van der Waals surface area contributed by atoms with Crippen molar-refractivity contribution in [2.45, 2.75) is 38.3 Å². The third-order valence-corrected chi connectivity index (χ3v) is 6.06. The number of hydrogen-bond acceptors (Lipinski definition) is 3. The number of nitrogens with one attached hydrogen (secondary N) is 2. The highest BCUT2D eigenvalue weighted by Crippen LogP contribution is 2.21. The maximum absolute atomic E-state index is 12.6. The van der Waals surface area contributed by atoms with Gasteiger partial charge in [0.1, 0.15) is 0 Å². The number of carbonyl (C=O) groups excluding carboxylic acids is 2. The summed E-state index contributed by atoms with van der Waals surface area (Å²) in [6, 6.07) is 17.5. The van der Waals surface area contributed by atoms with Crippen molar-refractivity contribution >= 4 is 23.5 Å². The van der Waals surface area contributed by atoms with Gasteiger partial charge in [0, 0.05) is 50.9 Å². The van der Waals surface area contributed by atoms with E-state index >= 15 is 0 Å². The molecule has 0 bridgehead atoms. The highest BCUT2D eigenvalue weighted by atomic mass is 16.2. The third-order valence-electron chi connectivity index (χ3n) is 6.06. The number of anilines is 1. The van der Waals surface area contributed by atoms with E-state index < -0.39 is 0 Å². The fraction of sp³-hybridized carbons (Fsp3) is 0.400. The van der Waals surface area contributed by atoms with Gasteiger partial charge in [-0.05, 0) is 49.1 Å². The fourth-order valence-corrected chi connectivity index (χ4v) is 4.28. The van der Waals surface area contributed by atoms with Crippen LogP contribution in [0.4, 0.5) is 5.69 Å². The van der Waals surface area contributed by atoms with E-state index in [9.17, 15) is 9.59 Å². The normalized spacial score (nSPS) is 19.2. The molecule has 2 aromatic rings. The summed E-state index contributed by atoms with van der Waals surface area (Å²) in [7, 11) is 1.72. The van der Waals surface area contributed by atoms with Gasteiger partial charge in [-0.3, -0.25) is 14.6 Å². The van der Waals surface area contributed by atoms with E-state index in [-0.39, 0.29) is 17.9 Å². The number of rotatable bonds is 5. The Morgan fingerprint density at radius 1 is 1.03 bits per heavy atom. The van der Waals surface area contributed by atoms with Crippen LogP contribution >= 0.6 is 0 Å². The number of nitrogens with zero attached hydrogens (tertiary/aromatic N) is 3. The molecule has 2 aliphatic heterocycles. The molecule has 2 aliphatic rings. The molecule has 4 rings (SSSR count).